The summed E-state index contributed by atoms with van der Waals surface area (Å²) in [6.07, 6.45) is 0. The van der Waals surface area contributed by atoms with E-state index in [9.17, 15) is 0 Å². The summed E-state index contributed by atoms with van der Waals surface area (Å²) in [7, 11) is 4.33. The Balaban J connectivity index is 2.15. The third-order valence-electron chi connectivity index (χ3n) is 3.47. The van der Waals surface area contributed by atoms with Crippen LogP contribution in [0, 0.1) is 5.92 Å². The molecule has 0 amide bonds. The van der Waals surface area contributed by atoms with E-state index in [0.29, 0.717) is 10.9 Å². The first-order valence-corrected chi connectivity index (χ1v) is 6.78. The highest BCUT2D eigenvalue weighted by Gasteiger charge is 2.14. The Morgan fingerprint density at radius 3 is 2.47 bits per heavy atom. The maximum absolute atomic E-state index is 5.63. The third-order valence-corrected chi connectivity index (χ3v) is 3.87. The monoisotopic (exact) mass is 258 g/mol. The summed E-state index contributed by atoms with van der Waals surface area (Å²) in [5, 5.41) is 0. The van der Waals surface area contributed by atoms with Crippen molar-refractivity contribution >= 4 is 17.2 Å². The summed E-state index contributed by atoms with van der Waals surface area (Å²) in [6.45, 7) is 10.0. The second-order valence-corrected chi connectivity index (χ2v) is 5.68. The zero-order chi connectivity index (χ0) is 12.8. The van der Waals surface area contributed by atoms with Gasteiger partial charge in [-0.1, -0.05) is 19.1 Å². The molecule has 17 heavy (non-hydrogen) atoms. The summed E-state index contributed by atoms with van der Waals surface area (Å²) in [5.41, 5.74) is 5.63. The number of likely N-dealkylation sites (N-methyl/N-ethyl adjacent to an activating group) is 2. The molecule has 0 spiro atoms. The van der Waals surface area contributed by atoms with Crippen molar-refractivity contribution in [2.75, 3.05) is 59.9 Å². The van der Waals surface area contributed by atoms with Crippen LogP contribution in [0.2, 0.25) is 0 Å². The van der Waals surface area contributed by atoms with Gasteiger partial charge in [-0.25, -0.2) is 0 Å². The Hall–Kier alpha value is -0.230. The molecule has 0 aliphatic carbocycles. The van der Waals surface area contributed by atoms with E-state index >= 15 is 0 Å². The lowest BCUT2D eigenvalue weighted by Crippen LogP contribution is -2.47. The quantitative estimate of drug-likeness (QED) is 0.683. The molecule has 100 valence electrons. The van der Waals surface area contributed by atoms with Crippen LogP contribution in [-0.4, -0.2) is 79.6 Å². The molecule has 5 heteroatoms. The number of rotatable bonds is 6. The molecule has 1 rings (SSSR count). The molecular formula is C12H26N4S. The van der Waals surface area contributed by atoms with Gasteiger partial charge in [0, 0.05) is 51.7 Å². The lowest BCUT2D eigenvalue weighted by molar-refractivity contribution is 0.139. The molecule has 1 saturated heterocycles. The predicted octanol–water partition coefficient (Wildman–Crippen LogP) is 0.0878. The van der Waals surface area contributed by atoms with E-state index in [0.717, 1.165) is 19.6 Å². The average molecular weight is 258 g/mol. The summed E-state index contributed by atoms with van der Waals surface area (Å²) in [4.78, 5) is 7.86. The fourth-order valence-corrected chi connectivity index (χ4v) is 2.11. The van der Waals surface area contributed by atoms with Gasteiger partial charge in [-0.3, -0.25) is 4.90 Å². The topological polar surface area (TPSA) is 35.7 Å². The zero-order valence-corrected chi connectivity index (χ0v) is 12.2. The van der Waals surface area contributed by atoms with Gasteiger partial charge in [0.2, 0.25) is 0 Å². The fourth-order valence-electron chi connectivity index (χ4n) is 2.03. The molecule has 0 saturated carbocycles. The molecule has 1 aliphatic rings. The van der Waals surface area contributed by atoms with Gasteiger partial charge in [0.05, 0.1) is 4.99 Å². The van der Waals surface area contributed by atoms with Crippen molar-refractivity contribution in [1.29, 1.82) is 0 Å². The number of piperazine rings is 1. The molecule has 0 radical (unpaired) electrons. The molecule has 2 N–H and O–H groups in total. The molecule has 1 unspecified atom stereocenters. The van der Waals surface area contributed by atoms with Crippen molar-refractivity contribution in [2.24, 2.45) is 11.7 Å². The molecule has 4 nitrogen and oxygen atoms in total. The van der Waals surface area contributed by atoms with Crippen LogP contribution >= 0.6 is 12.2 Å². The minimum Gasteiger partial charge on any atom is -0.393 e. The molecule has 1 atom stereocenters. The van der Waals surface area contributed by atoms with Gasteiger partial charge in [-0.15, -0.1) is 0 Å². The summed E-state index contributed by atoms with van der Waals surface area (Å²) >= 11 is 4.99. The van der Waals surface area contributed by atoms with Crippen molar-refractivity contribution in [3.05, 3.63) is 0 Å². The van der Waals surface area contributed by atoms with E-state index in [4.69, 9.17) is 18.0 Å². The van der Waals surface area contributed by atoms with Crippen LogP contribution in [0.4, 0.5) is 0 Å². The first-order valence-electron chi connectivity index (χ1n) is 6.38. The number of hydrogen-bond donors (Lipinski definition) is 1. The number of nitrogens with two attached hydrogens (primary N) is 1. The first kappa shape index (κ1) is 14.8. The molecule has 0 aromatic heterocycles. The van der Waals surface area contributed by atoms with Crippen molar-refractivity contribution in [1.82, 2.24) is 14.7 Å². The van der Waals surface area contributed by atoms with Crippen LogP contribution in [0.5, 0.6) is 0 Å². The molecule has 1 fully saturated rings. The highest BCUT2D eigenvalue weighted by atomic mass is 32.1. The largest absolute Gasteiger partial charge is 0.393 e. The Morgan fingerprint density at radius 2 is 1.94 bits per heavy atom. The molecule has 0 aromatic carbocycles. The molecule has 0 bridgehead atoms. The number of nitrogens with zero attached hydrogens (tertiary/aromatic N) is 3. The Bertz CT molecular complexity index is 239. The second-order valence-electron chi connectivity index (χ2n) is 5.21. The molecule has 1 heterocycles. The maximum atomic E-state index is 5.63. The zero-order valence-electron chi connectivity index (χ0n) is 11.4. The highest BCUT2D eigenvalue weighted by molar-refractivity contribution is 7.80. The van der Waals surface area contributed by atoms with E-state index < -0.39 is 0 Å². The average Bonchev–Trinajstić information content (AvgIpc) is 2.28. The van der Waals surface area contributed by atoms with Crippen LogP contribution in [0.15, 0.2) is 0 Å². The van der Waals surface area contributed by atoms with Gasteiger partial charge < -0.3 is 15.5 Å². The second kappa shape index (κ2) is 7.26. The Labute approximate surface area is 111 Å². The van der Waals surface area contributed by atoms with E-state index in [2.05, 4.69) is 35.7 Å². The Kier molecular flexibility index (Phi) is 6.33. The fraction of sp³-hybridized carbons (Fsp3) is 0.917. The van der Waals surface area contributed by atoms with Crippen LogP contribution in [-0.2, 0) is 0 Å². The van der Waals surface area contributed by atoms with E-state index in [1.807, 2.05) is 0 Å². The molecule has 1 aliphatic heterocycles. The minimum absolute atomic E-state index is 0.308. The van der Waals surface area contributed by atoms with E-state index in [1.54, 1.807) is 0 Å². The smallest absolute Gasteiger partial charge is 0.0768 e. The standard InChI is InChI=1S/C12H26N4S/c1-11(12(13)17)10-15(3)6-9-16-7-4-14(2)5-8-16/h11H,4-10H2,1-3H3,(H2,13,17). The van der Waals surface area contributed by atoms with Gasteiger partial charge >= 0.3 is 0 Å². The minimum atomic E-state index is 0.308. The SMILES string of the molecule is CC(CN(C)CCN1CCN(C)CC1)C(N)=S. The van der Waals surface area contributed by atoms with Gasteiger partial charge in [0.25, 0.3) is 0 Å². The normalized spacial score (nSPS) is 20.7. The summed E-state index contributed by atoms with van der Waals surface area (Å²) < 4.78 is 0. The number of hydrogen-bond acceptors (Lipinski definition) is 4. The Morgan fingerprint density at radius 1 is 1.35 bits per heavy atom. The van der Waals surface area contributed by atoms with Gasteiger partial charge in [-0.05, 0) is 14.1 Å². The van der Waals surface area contributed by atoms with Crippen molar-refractivity contribution < 1.29 is 0 Å². The van der Waals surface area contributed by atoms with Gasteiger partial charge in [0.1, 0.15) is 0 Å². The van der Waals surface area contributed by atoms with Crippen molar-refractivity contribution in [2.45, 2.75) is 6.92 Å². The highest BCUT2D eigenvalue weighted by Crippen LogP contribution is 2.01. The van der Waals surface area contributed by atoms with Crippen LogP contribution in [0.1, 0.15) is 6.92 Å². The van der Waals surface area contributed by atoms with Gasteiger partial charge in [-0.2, -0.15) is 0 Å². The summed E-state index contributed by atoms with van der Waals surface area (Å²) in [5.74, 6) is 0.308. The van der Waals surface area contributed by atoms with Crippen molar-refractivity contribution in [3.8, 4) is 0 Å². The van der Waals surface area contributed by atoms with Crippen LogP contribution in [0.25, 0.3) is 0 Å². The van der Waals surface area contributed by atoms with Crippen LogP contribution in [0.3, 0.4) is 0 Å². The lowest BCUT2D eigenvalue weighted by atomic mass is 10.2. The lowest BCUT2D eigenvalue weighted by Gasteiger charge is -2.33. The van der Waals surface area contributed by atoms with Crippen molar-refractivity contribution in [3.63, 3.8) is 0 Å². The maximum Gasteiger partial charge on any atom is 0.0768 e. The third kappa shape index (κ3) is 5.77. The van der Waals surface area contributed by atoms with Gasteiger partial charge in [0.15, 0.2) is 0 Å². The number of thiocarbonyl (C=S) groups is 1. The first-order chi connectivity index (χ1) is 7.99. The van der Waals surface area contributed by atoms with Crippen LogP contribution < -0.4 is 5.73 Å². The summed E-state index contributed by atoms with van der Waals surface area (Å²) in [6, 6.07) is 0. The molecular weight excluding hydrogens is 232 g/mol. The molecule has 0 aromatic rings. The van der Waals surface area contributed by atoms with E-state index in [-0.39, 0.29) is 0 Å². The predicted molar refractivity (Wildman–Crippen MR) is 77.4 cm³/mol. The van der Waals surface area contributed by atoms with E-state index in [1.165, 1.54) is 26.2 Å².